The van der Waals surface area contributed by atoms with Gasteiger partial charge in [-0.25, -0.2) is 0 Å². The predicted octanol–water partition coefficient (Wildman–Crippen LogP) is 2.91. The first-order valence-electron chi connectivity index (χ1n) is 6.63. The Bertz CT molecular complexity index is 598. The van der Waals surface area contributed by atoms with Crippen LogP contribution in [0.2, 0.25) is 0 Å². The number of nitrogens with one attached hydrogen (secondary N) is 2. The van der Waals surface area contributed by atoms with Crippen molar-refractivity contribution in [3.05, 3.63) is 52.5 Å². The zero-order chi connectivity index (χ0) is 15.2. The van der Waals surface area contributed by atoms with Gasteiger partial charge < -0.3 is 15.2 Å². The number of aryl methyl sites for hydroxylation is 1. The van der Waals surface area contributed by atoms with Gasteiger partial charge in [-0.15, -0.1) is 0 Å². The highest BCUT2D eigenvalue weighted by molar-refractivity contribution is 5.63. The van der Waals surface area contributed by atoms with Gasteiger partial charge in [0.2, 0.25) is 0 Å². The van der Waals surface area contributed by atoms with Crippen molar-refractivity contribution in [2.75, 3.05) is 10.7 Å². The molecule has 7 heteroatoms. The van der Waals surface area contributed by atoms with Crippen LogP contribution < -0.4 is 16.6 Å². The van der Waals surface area contributed by atoms with Crippen LogP contribution in [-0.2, 0) is 6.42 Å². The number of nitrogens with two attached hydrogens (primary N) is 1. The lowest BCUT2D eigenvalue weighted by molar-refractivity contribution is -0.384. The van der Waals surface area contributed by atoms with Crippen molar-refractivity contribution >= 4 is 17.1 Å². The summed E-state index contributed by atoms with van der Waals surface area (Å²) in [6, 6.07) is 8.53. The molecule has 1 atom stereocenters. The van der Waals surface area contributed by atoms with Crippen molar-refractivity contribution in [1.29, 1.82) is 0 Å². The Labute approximate surface area is 122 Å². The molecule has 112 valence electrons. The zero-order valence-corrected chi connectivity index (χ0v) is 11.7. The molecule has 2 rings (SSSR count). The number of hydrogen-bond acceptors (Lipinski definition) is 6. The largest absolute Gasteiger partial charge is 0.469 e. The smallest absolute Gasteiger partial charge is 0.273 e. The zero-order valence-electron chi connectivity index (χ0n) is 11.7. The Morgan fingerprint density at radius 1 is 1.38 bits per heavy atom. The number of rotatable bonds is 7. The lowest BCUT2D eigenvalue weighted by atomic mass is 10.1. The van der Waals surface area contributed by atoms with E-state index in [9.17, 15) is 10.1 Å². The number of nitro groups is 1. The van der Waals surface area contributed by atoms with Crippen LogP contribution in [0.4, 0.5) is 17.1 Å². The van der Waals surface area contributed by atoms with Gasteiger partial charge >= 0.3 is 0 Å². The molecule has 2 aromatic rings. The Hall–Kier alpha value is -2.54. The minimum atomic E-state index is -0.445. The monoisotopic (exact) mass is 290 g/mol. The first-order chi connectivity index (χ1) is 10.1. The molecule has 1 unspecified atom stereocenters. The quantitative estimate of drug-likeness (QED) is 0.411. The maximum absolute atomic E-state index is 10.9. The number of non-ortho nitro benzene ring substituents is 1. The fourth-order valence-corrected chi connectivity index (χ4v) is 2.05. The van der Waals surface area contributed by atoms with Gasteiger partial charge in [0.05, 0.1) is 16.9 Å². The first-order valence-corrected chi connectivity index (χ1v) is 6.63. The van der Waals surface area contributed by atoms with Gasteiger partial charge in [-0.3, -0.25) is 16.0 Å². The molecular formula is C14H18N4O3. The topological polar surface area (TPSA) is 106 Å². The molecule has 4 N–H and O–H groups in total. The SMILES string of the molecule is CC(CCc1ccco1)Nc1cc(NN)cc([N+](=O)[O-])c1. The Morgan fingerprint density at radius 2 is 2.14 bits per heavy atom. The average molecular weight is 290 g/mol. The molecule has 1 aromatic carbocycles. The molecule has 0 aliphatic rings. The van der Waals surface area contributed by atoms with Gasteiger partial charge in [-0.2, -0.15) is 0 Å². The summed E-state index contributed by atoms with van der Waals surface area (Å²) in [5, 5.41) is 14.1. The third-order valence-corrected chi connectivity index (χ3v) is 3.11. The van der Waals surface area contributed by atoms with Crippen LogP contribution in [0.15, 0.2) is 41.0 Å². The van der Waals surface area contributed by atoms with E-state index in [1.807, 2.05) is 19.1 Å². The van der Waals surface area contributed by atoms with Crippen LogP contribution in [0, 0.1) is 10.1 Å². The van der Waals surface area contributed by atoms with Crippen LogP contribution in [0.5, 0.6) is 0 Å². The molecule has 21 heavy (non-hydrogen) atoms. The second-order valence-electron chi connectivity index (χ2n) is 4.83. The van der Waals surface area contributed by atoms with Crippen molar-refractivity contribution in [2.45, 2.75) is 25.8 Å². The van der Waals surface area contributed by atoms with Crippen molar-refractivity contribution in [1.82, 2.24) is 0 Å². The Morgan fingerprint density at radius 3 is 2.76 bits per heavy atom. The summed E-state index contributed by atoms with van der Waals surface area (Å²) < 4.78 is 5.28. The summed E-state index contributed by atoms with van der Waals surface area (Å²) in [6.45, 7) is 2.01. The van der Waals surface area contributed by atoms with E-state index in [0.29, 0.717) is 11.4 Å². The van der Waals surface area contributed by atoms with Crippen molar-refractivity contribution < 1.29 is 9.34 Å². The van der Waals surface area contributed by atoms with Crippen LogP contribution >= 0.6 is 0 Å². The Kier molecular flexibility index (Phi) is 4.78. The average Bonchev–Trinajstić information content (AvgIpc) is 2.98. The van der Waals surface area contributed by atoms with Gasteiger partial charge in [-0.05, 0) is 31.5 Å². The summed E-state index contributed by atoms with van der Waals surface area (Å²) >= 11 is 0. The van der Waals surface area contributed by atoms with Gasteiger partial charge in [0.1, 0.15) is 5.76 Å². The van der Waals surface area contributed by atoms with Gasteiger partial charge in [0, 0.05) is 30.3 Å². The number of nitro benzene ring substituents is 1. The Balaban J connectivity index is 2.00. The number of nitrogen functional groups attached to an aromatic ring is 1. The first kappa shape index (κ1) is 14.9. The summed E-state index contributed by atoms with van der Waals surface area (Å²) in [6.07, 6.45) is 3.30. The highest BCUT2D eigenvalue weighted by atomic mass is 16.6. The molecule has 0 saturated heterocycles. The van der Waals surface area contributed by atoms with E-state index in [1.54, 1.807) is 12.3 Å². The second-order valence-corrected chi connectivity index (χ2v) is 4.83. The van der Waals surface area contributed by atoms with Crippen LogP contribution in [0.3, 0.4) is 0 Å². The second kappa shape index (κ2) is 6.76. The van der Waals surface area contributed by atoms with Gasteiger partial charge in [-0.1, -0.05) is 0 Å². The molecule has 1 heterocycles. The molecule has 0 aliphatic carbocycles. The van der Waals surface area contributed by atoms with E-state index < -0.39 is 4.92 Å². The van der Waals surface area contributed by atoms with E-state index in [0.717, 1.165) is 18.6 Å². The van der Waals surface area contributed by atoms with E-state index in [-0.39, 0.29) is 11.7 Å². The summed E-state index contributed by atoms with van der Waals surface area (Å²) in [4.78, 5) is 10.4. The lowest BCUT2D eigenvalue weighted by Crippen LogP contribution is -2.16. The molecule has 1 aromatic heterocycles. The molecule has 0 fully saturated rings. The molecule has 0 radical (unpaired) electrons. The molecule has 0 saturated carbocycles. The summed E-state index contributed by atoms with van der Waals surface area (Å²) in [5.74, 6) is 6.25. The fraction of sp³-hybridized carbons (Fsp3) is 0.286. The van der Waals surface area contributed by atoms with E-state index >= 15 is 0 Å². The highest BCUT2D eigenvalue weighted by Crippen LogP contribution is 2.24. The van der Waals surface area contributed by atoms with Gasteiger partial charge in [0.25, 0.3) is 5.69 Å². The van der Waals surface area contributed by atoms with E-state index in [4.69, 9.17) is 10.3 Å². The number of nitrogens with zero attached hydrogens (tertiary/aromatic N) is 1. The normalized spacial score (nSPS) is 11.9. The van der Waals surface area contributed by atoms with Crippen molar-refractivity contribution in [3.63, 3.8) is 0 Å². The van der Waals surface area contributed by atoms with Crippen molar-refractivity contribution in [2.24, 2.45) is 5.84 Å². The number of hydrogen-bond donors (Lipinski definition) is 3. The number of furan rings is 1. The molecule has 0 bridgehead atoms. The molecule has 0 aliphatic heterocycles. The van der Waals surface area contributed by atoms with Crippen molar-refractivity contribution in [3.8, 4) is 0 Å². The van der Waals surface area contributed by atoms with E-state index in [1.165, 1.54) is 12.1 Å². The molecule has 7 nitrogen and oxygen atoms in total. The maximum atomic E-state index is 10.9. The summed E-state index contributed by atoms with van der Waals surface area (Å²) in [5.41, 5.74) is 3.57. The molecular weight excluding hydrogens is 272 g/mol. The third kappa shape index (κ3) is 4.22. The number of anilines is 2. The molecule has 0 spiro atoms. The summed E-state index contributed by atoms with van der Waals surface area (Å²) in [7, 11) is 0. The van der Waals surface area contributed by atoms with Gasteiger partial charge in [0.15, 0.2) is 0 Å². The van der Waals surface area contributed by atoms with Crippen LogP contribution in [0.1, 0.15) is 19.1 Å². The van der Waals surface area contributed by atoms with Crippen LogP contribution in [0.25, 0.3) is 0 Å². The predicted molar refractivity (Wildman–Crippen MR) is 81.0 cm³/mol. The maximum Gasteiger partial charge on any atom is 0.273 e. The fourth-order valence-electron chi connectivity index (χ4n) is 2.05. The van der Waals surface area contributed by atoms with Crippen LogP contribution in [-0.4, -0.2) is 11.0 Å². The number of benzene rings is 1. The lowest BCUT2D eigenvalue weighted by Gasteiger charge is -2.15. The van der Waals surface area contributed by atoms with E-state index in [2.05, 4.69) is 10.7 Å². The minimum absolute atomic E-state index is 0.00816. The minimum Gasteiger partial charge on any atom is -0.469 e. The third-order valence-electron chi connectivity index (χ3n) is 3.11. The standard InChI is InChI=1S/C14H18N4O3/c1-10(4-5-14-3-2-6-21-14)16-11-7-12(17-15)9-13(8-11)18(19)20/h2-3,6-10,16-17H,4-5,15H2,1H3. The number of hydrazine groups is 1. The highest BCUT2D eigenvalue weighted by Gasteiger charge is 2.11. The molecule has 0 amide bonds.